The summed E-state index contributed by atoms with van der Waals surface area (Å²) < 4.78 is 0. The van der Waals surface area contributed by atoms with Crippen molar-refractivity contribution in [1.82, 2.24) is 4.90 Å². The van der Waals surface area contributed by atoms with Gasteiger partial charge in [0.25, 0.3) is 0 Å². The van der Waals surface area contributed by atoms with Gasteiger partial charge in [0.15, 0.2) is 0 Å². The number of aryl methyl sites for hydroxylation is 1. The van der Waals surface area contributed by atoms with Crippen molar-refractivity contribution in [2.45, 2.75) is 25.9 Å². The first kappa shape index (κ1) is 13.1. The second kappa shape index (κ2) is 5.98. The van der Waals surface area contributed by atoms with Gasteiger partial charge < -0.3 is 10.4 Å². The normalized spacial score (nSPS) is 17.7. The molecule has 0 saturated carbocycles. The van der Waals surface area contributed by atoms with E-state index in [2.05, 4.69) is 10.2 Å². The summed E-state index contributed by atoms with van der Waals surface area (Å²) in [5.41, 5.74) is 2.01. The van der Waals surface area contributed by atoms with Gasteiger partial charge in [-0.05, 0) is 31.9 Å². The van der Waals surface area contributed by atoms with Crippen molar-refractivity contribution in [3.8, 4) is 0 Å². The molecule has 1 aromatic rings. The molecule has 0 unspecified atom stereocenters. The summed E-state index contributed by atoms with van der Waals surface area (Å²) in [4.78, 5) is 13.9. The second-order valence-electron chi connectivity index (χ2n) is 4.92. The van der Waals surface area contributed by atoms with Gasteiger partial charge >= 0.3 is 0 Å². The maximum absolute atomic E-state index is 11.8. The lowest BCUT2D eigenvalue weighted by Gasteiger charge is -2.28. The van der Waals surface area contributed by atoms with E-state index in [0.717, 1.165) is 31.6 Å². The smallest absolute Gasteiger partial charge is 0.238 e. The Labute approximate surface area is 108 Å². The number of nitrogens with one attached hydrogen (secondary N) is 1. The van der Waals surface area contributed by atoms with E-state index < -0.39 is 0 Å². The van der Waals surface area contributed by atoms with E-state index >= 15 is 0 Å². The van der Waals surface area contributed by atoms with Gasteiger partial charge in [-0.3, -0.25) is 9.69 Å². The standard InChI is InChI=1S/C14H20N2O2/c1-11-2-4-12(5-3-11)15-14(18)10-16-8-6-13(17)7-9-16/h2-5,13,17H,6-10H2,1H3,(H,15,18). The van der Waals surface area contributed by atoms with Crippen LogP contribution < -0.4 is 5.32 Å². The monoisotopic (exact) mass is 248 g/mol. The Bertz CT molecular complexity index is 395. The van der Waals surface area contributed by atoms with Gasteiger partial charge in [-0.1, -0.05) is 17.7 Å². The first-order chi connectivity index (χ1) is 8.63. The summed E-state index contributed by atoms with van der Waals surface area (Å²) in [6.07, 6.45) is 1.33. The number of benzene rings is 1. The SMILES string of the molecule is Cc1ccc(NC(=O)CN2CCC(O)CC2)cc1. The van der Waals surface area contributed by atoms with Gasteiger partial charge in [-0.15, -0.1) is 0 Å². The average molecular weight is 248 g/mol. The van der Waals surface area contributed by atoms with Gasteiger partial charge in [0.1, 0.15) is 0 Å². The van der Waals surface area contributed by atoms with Crippen LogP contribution in [0.4, 0.5) is 5.69 Å². The highest BCUT2D eigenvalue weighted by atomic mass is 16.3. The maximum Gasteiger partial charge on any atom is 0.238 e. The number of nitrogens with zero attached hydrogens (tertiary/aromatic N) is 1. The first-order valence-electron chi connectivity index (χ1n) is 6.40. The molecule has 0 radical (unpaired) electrons. The number of hydrogen-bond acceptors (Lipinski definition) is 3. The van der Waals surface area contributed by atoms with Gasteiger partial charge in [0.05, 0.1) is 12.6 Å². The van der Waals surface area contributed by atoms with Crippen LogP contribution in [0.1, 0.15) is 18.4 Å². The third-order valence-electron chi connectivity index (χ3n) is 3.26. The minimum Gasteiger partial charge on any atom is -0.393 e. The van der Waals surface area contributed by atoms with Crippen LogP contribution >= 0.6 is 0 Å². The van der Waals surface area contributed by atoms with E-state index in [1.807, 2.05) is 31.2 Å². The molecule has 0 spiro atoms. The van der Waals surface area contributed by atoms with Crippen molar-refractivity contribution in [1.29, 1.82) is 0 Å². The van der Waals surface area contributed by atoms with Crippen LogP contribution in [0.2, 0.25) is 0 Å². The van der Waals surface area contributed by atoms with Crippen LogP contribution in [0, 0.1) is 6.92 Å². The first-order valence-corrected chi connectivity index (χ1v) is 6.40. The van der Waals surface area contributed by atoms with Gasteiger partial charge in [-0.25, -0.2) is 0 Å². The molecular formula is C14H20N2O2. The highest BCUT2D eigenvalue weighted by molar-refractivity contribution is 5.92. The Hall–Kier alpha value is -1.39. The Morgan fingerprint density at radius 2 is 1.94 bits per heavy atom. The van der Waals surface area contributed by atoms with Crippen molar-refractivity contribution >= 4 is 11.6 Å². The Kier molecular flexibility index (Phi) is 4.33. The fourth-order valence-corrected chi connectivity index (χ4v) is 2.12. The predicted molar refractivity (Wildman–Crippen MR) is 71.5 cm³/mol. The minimum absolute atomic E-state index is 0.00948. The fourth-order valence-electron chi connectivity index (χ4n) is 2.12. The van der Waals surface area contributed by atoms with E-state index in [-0.39, 0.29) is 12.0 Å². The largest absolute Gasteiger partial charge is 0.393 e. The number of rotatable bonds is 3. The highest BCUT2D eigenvalue weighted by Gasteiger charge is 2.18. The molecule has 1 aromatic carbocycles. The number of piperidine rings is 1. The number of aliphatic hydroxyl groups excluding tert-OH is 1. The summed E-state index contributed by atoms with van der Waals surface area (Å²) >= 11 is 0. The molecule has 2 N–H and O–H groups in total. The number of aliphatic hydroxyl groups is 1. The number of hydrogen-bond donors (Lipinski definition) is 2. The summed E-state index contributed by atoms with van der Waals surface area (Å²) in [5.74, 6) is 0.00948. The zero-order chi connectivity index (χ0) is 13.0. The van der Waals surface area contributed by atoms with Crippen molar-refractivity contribution < 1.29 is 9.90 Å². The Morgan fingerprint density at radius 1 is 1.33 bits per heavy atom. The number of likely N-dealkylation sites (tertiary alicyclic amines) is 1. The van der Waals surface area contributed by atoms with Crippen LogP contribution in [-0.4, -0.2) is 41.7 Å². The van der Waals surface area contributed by atoms with Crippen molar-refractivity contribution in [2.75, 3.05) is 25.0 Å². The number of anilines is 1. The summed E-state index contributed by atoms with van der Waals surface area (Å²) in [7, 11) is 0. The average Bonchev–Trinajstić information content (AvgIpc) is 2.35. The molecule has 0 atom stereocenters. The zero-order valence-corrected chi connectivity index (χ0v) is 10.7. The van der Waals surface area contributed by atoms with Crippen LogP contribution in [0.25, 0.3) is 0 Å². The van der Waals surface area contributed by atoms with E-state index in [9.17, 15) is 9.90 Å². The Morgan fingerprint density at radius 3 is 2.56 bits per heavy atom. The molecule has 1 amide bonds. The van der Waals surface area contributed by atoms with Crippen molar-refractivity contribution in [3.63, 3.8) is 0 Å². The number of carbonyl (C=O) groups is 1. The van der Waals surface area contributed by atoms with Crippen LogP contribution in [0.3, 0.4) is 0 Å². The lowest BCUT2D eigenvalue weighted by molar-refractivity contribution is -0.117. The van der Waals surface area contributed by atoms with Crippen molar-refractivity contribution in [2.24, 2.45) is 0 Å². The van der Waals surface area contributed by atoms with Gasteiger partial charge in [0, 0.05) is 18.8 Å². The molecule has 4 nitrogen and oxygen atoms in total. The summed E-state index contributed by atoms with van der Waals surface area (Å²) in [6, 6.07) is 7.78. The Balaban J connectivity index is 1.80. The highest BCUT2D eigenvalue weighted by Crippen LogP contribution is 2.11. The van der Waals surface area contributed by atoms with Crippen LogP contribution in [-0.2, 0) is 4.79 Å². The molecule has 1 heterocycles. The molecule has 0 bridgehead atoms. The number of carbonyl (C=O) groups excluding carboxylic acids is 1. The molecule has 0 aromatic heterocycles. The van der Waals surface area contributed by atoms with Crippen molar-refractivity contribution in [3.05, 3.63) is 29.8 Å². The second-order valence-corrected chi connectivity index (χ2v) is 4.92. The molecule has 4 heteroatoms. The quantitative estimate of drug-likeness (QED) is 0.850. The molecule has 2 rings (SSSR count). The predicted octanol–water partition coefficient (Wildman–Crippen LogP) is 1.39. The van der Waals surface area contributed by atoms with Gasteiger partial charge in [-0.2, -0.15) is 0 Å². The molecule has 1 saturated heterocycles. The summed E-state index contributed by atoms with van der Waals surface area (Å²) in [6.45, 7) is 4.01. The molecule has 0 aliphatic carbocycles. The summed E-state index contributed by atoms with van der Waals surface area (Å²) in [5, 5.41) is 12.3. The van der Waals surface area contributed by atoms with Crippen LogP contribution in [0.15, 0.2) is 24.3 Å². The molecule has 1 aliphatic heterocycles. The van der Waals surface area contributed by atoms with Crippen LogP contribution in [0.5, 0.6) is 0 Å². The topological polar surface area (TPSA) is 52.6 Å². The maximum atomic E-state index is 11.8. The van der Waals surface area contributed by atoms with E-state index in [1.165, 1.54) is 5.56 Å². The fraction of sp³-hybridized carbons (Fsp3) is 0.500. The molecule has 1 aliphatic rings. The van der Waals surface area contributed by atoms with E-state index in [0.29, 0.717) is 6.54 Å². The lowest BCUT2D eigenvalue weighted by Crippen LogP contribution is -2.40. The minimum atomic E-state index is -0.193. The lowest BCUT2D eigenvalue weighted by atomic mass is 10.1. The van der Waals surface area contributed by atoms with E-state index in [4.69, 9.17) is 0 Å². The number of amides is 1. The molecule has 1 fully saturated rings. The van der Waals surface area contributed by atoms with Gasteiger partial charge in [0.2, 0.25) is 5.91 Å². The van der Waals surface area contributed by atoms with E-state index in [1.54, 1.807) is 0 Å². The zero-order valence-electron chi connectivity index (χ0n) is 10.7. The molecular weight excluding hydrogens is 228 g/mol. The third-order valence-corrected chi connectivity index (χ3v) is 3.26. The third kappa shape index (κ3) is 3.82. The molecule has 98 valence electrons. The molecule has 18 heavy (non-hydrogen) atoms.